The average molecular weight is 535 g/mol. The number of ketones is 1. The first-order valence-corrected chi connectivity index (χ1v) is 11.7. The van der Waals surface area contributed by atoms with Gasteiger partial charge in [-0.2, -0.15) is 0 Å². The van der Waals surface area contributed by atoms with E-state index in [1.807, 2.05) is 0 Å². The van der Waals surface area contributed by atoms with E-state index in [1.54, 1.807) is 36.4 Å². The molecule has 0 aliphatic carbocycles. The number of halogens is 4. The van der Waals surface area contributed by atoms with Crippen LogP contribution in [0.1, 0.15) is 22.7 Å². The Balaban J connectivity index is 1.80. The van der Waals surface area contributed by atoms with Crippen LogP contribution in [0.5, 0.6) is 5.75 Å². The van der Waals surface area contributed by atoms with Gasteiger partial charge in [-0.25, -0.2) is 4.39 Å². The number of carbonyl (C=O) groups excluding carboxylic acids is 2. The number of nitrogens with zero attached hydrogens (tertiary/aromatic N) is 1. The highest BCUT2D eigenvalue weighted by atomic mass is 35.5. The average Bonchev–Trinajstić information content (AvgIpc) is 3.08. The number of likely N-dealkylation sites (tertiary alicyclic amines) is 1. The molecule has 0 bridgehead atoms. The van der Waals surface area contributed by atoms with Crippen LogP contribution < -0.4 is 4.74 Å². The zero-order valence-corrected chi connectivity index (χ0v) is 20.7. The Bertz CT molecular complexity index is 1300. The molecule has 9 heteroatoms. The fraction of sp³-hybridized carbons (Fsp3) is 0.154. The molecule has 1 fully saturated rings. The van der Waals surface area contributed by atoms with E-state index in [0.717, 1.165) is 5.56 Å². The first kappa shape index (κ1) is 25.0. The highest BCUT2D eigenvalue weighted by molar-refractivity contribution is 6.46. The molecule has 1 aliphatic heterocycles. The normalized spacial score (nSPS) is 17.2. The van der Waals surface area contributed by atoms with E-state index in [-0.39, 0.29) is 39.3 Å². The van der Waals surface area contributed by atoms with Crippen molar-refractivity contribution in [2.24, 2.45) is 0 Å². The monoisotopic (exact) mass is 533 g/mol. The van der Waals surface area contributed by atoms with Crippen LogP contribution in [0, 0.1) is 5.82 Å². The van der Waals surface area contributed by atoms with Crippen molar-refractivity contribution in [2.45, 2.75) is 12.5 Å². The van der Waals surface area contributed by atoms with Gasteiger partial charge in [-0.05, 0) is 53.9 Å². The Hall–Kier alpha value is -3.06. The van der Waals surface area contributed by atoms with Gasteiger partial charge in [0.15, 0.2) is 5.75 Å². The lowest BCUT2D eigenvalue weighted by atomic mass is 9.95. The number of hydrogen-bond donors (Lipinski definition) is 1. The number of methoxy groups -OCH3 is 1. The summed E-state index contributed by atoms with van der Waals surface area (Å²) < 4.78 is 18.4. The number of ether oxygens (including phenoxy) is 1. The minimum atomic E-state index is -0.882. The van der Waals surface area contributed by atoms with Crippen molar-refractivity contribution < 1.29 is 23.8 Å². The molecule has 1 heterocycles. The van der Waals surface area contributed by atoms with E-state index >= 15 is 0 Å². The quantitative estimate of drug-likeness (QED) is 0.224. The molecule has 1 amide bonds. The molecule has 5 nitrogen and oxygen atoms in total. The maximum absolute atomic E-state index is 13.3. The van der Waals surface area contributed by atoms with Gasteiger partial charge in [0.05, 0.1) is 28.8 Å². The molecule has 0 aromatic heterocycles. The SMILES string of the molecule is COc1c(Cl)cc(/C(O)=C2\C(=O)C(=O)N(CCc3ccc(F)cc3)C2c2ccc(Cl)cc2)cc1Cl. The van der Waals surface area contributed by atoms with Crippen LogP contribution in [-0.2, 0) is 16.0 Å². The molecule has 3 aromatic carbocycles. The molecule has 3 aromatic rings. The van der Waals surface area contributed by atoms with Crippen LogP contribution in [0.15, 0.2) is 66.2 Å². The molecule has 0 radical (unpaired) electrons. The third kappa shape index (κ3) is 5.01. The lowest BCUT2D eigenvalue weighted by molar-refractivity contribution is -0.139. The minimum Gasteiger partial charge on any atom is -0.507 e. The Morgan fingerprint density at radius 1 is 1.00 bits per heavy atom. The second-order valence-corrected chi connectivity index (χ2v) is 9.14. The Morgan fingerprint density at radius 2 is 1.60 bits per heavy atom. The van der Waals surface area contributed by atoms with Crippen molar-refractivity contribution in [1.82, 2.24) is 4.90 Å². The van der Waals surface area contributed by atoms with E-state index in [0.29, 0.717) is 17.0 Å². The molecule has 1 saturated heterocycles. The lowest BCUT2D eigenvalue weighted by Gasteiger charge is -2.25. The van der Waals surface area contributed by atoms with Gasteiger partial charge in [0.1, 0.15) is 11.6 Å². The van der Waals surface area contributed by atoms with Gasteiger partial charge in [0.2, 0.25) is 0 Å². The summed E-state index contributed by atoms with van der Waals surface area (Å²) in [5.41, 5.74) is 1.43. The summed E-state index contributed by atoms with van der Waals surface area (Å²) >= 11 is 18.5. The number of amides is 1. The first-order valence-electron chi connectivity index (χ1n) is 10.5. The number of hydrogen-bond acceptors (Lipinski definition) is 4. The van der Waals surface area contributed by atoms with Crippen LogP contribution >= 0.6 is 34.8 Å². The molecular weight excluding hydrogens is 516 g/mol. The van der Waals surface area contributed by atoms with Crippen LogP contribution in [0.4, 0.5) is 4.39 Å². The summed E-state index contributed by atoms with van der Waals surface area (Å²) in [5.74, 6) is -2.17. The zero-order chi connectivity index (χ0) is 25.3. The number of rotatable bonds is 6. The van der Waals surface area contributed by atoms with E-state index < -0.39 is 23.5 Å². The molecule has 0 spiro atoms. The Labute approximate surface area is 216 Å². The predicted molar refractivity (Wildman–Crippen MR) is 134 cm³/mol. The van der Waals surface area contributed by atoms with Gasteiger partial charge in [0.25, 0.3) is 11.7 Å². The van der Waals surface area contributed by atoms with Gasteiger partial charge in [-0.3, -0.25) is 9.59 Å². The standard InChI is InChI=1S/C26H19Cl3FNO4/c1-35-25-19(28)12-16(13-20(25)29)23(32)21-22(15-4-6-17(27)7-5-15)31(26(34)24(21)33)11-10-14-2-8-18(30)9-3-14/h2-9,12-13,22,32H,10-11H2,1H3/b23-21+. The highest BCUT2D eigenvalue weighted by Crippen LogP contribution is 2.42. The Kier molecular flexibility index (Phi) is 7.36. The molecule has 4 rings (SSSR count). The fourth-order valence-electron chi connectivity index (χ4n) is 4.05. The van der Waals surface area contributed by atoms with E-state index in [1.165, 1.54) is 36.3 Å². The van der Waals surface area contributed by atoms with Gasteiger partial charge < -0.3 is 14.7 Å². The van der Waals surface area contributed by atoms with Crippen molar-refractivity contribution in [3.63, 3.8) is 0 Å². The van der Waals surface area contributed by atoms with Gasteiger partial charge in [0, 0.05) is 17.1 Å². The number of aliphatic hydroxyl groups is 1. The number of benzene rings is 3. The molecule has 1 unspecified atom stereocenters. The van der Waals surface area contributed by atoms with Crippen molar-refractivity contribution in [1.29, 1.82) is 0 Å². The third-order valence-electron chi connectivity index (χ3n) is 5.76. The van der Waals surface area contributed by atoms with Gasteiger partial charge in [-0.1, -0.05) is 59.1 Å². The van der Waals surface area contributed by atoms with Crippen molar-refractivity contribution in [3.8, 4) is 5.75 Å². The zero-order valence-electron chi connectivity index (χ0n) is 18.4. The summed E-state index contributed by atoms with van der Waals surface area (Å²) in [6.07, 6.45) is 0.373. The van der Waals surface area contributed by atoms with Crippen molar-refractivity contribution >= 4 is 52.3 Å². The van der Waals surface area contributed by atoms with E-state index in [2.05, 4.69) is 0 Å². The number of aliphatic hydroxyl groups excluding tert-OH is 1. The minimum absolute atomic E-state index is 0.103. The molecule has 1 N–H and O–H groups in total. The highest BCUT2D eigenvalue weighted by Gasteiger charge is 2.45. The molecule has 1 atom stereocenters. The first-order chi connectivity index (χ1) is 16.7. The molecule has 0 saturated carbocycles. The third-order valence-corrected chi connectivity index (χ3v) is 6.57. The summed E-state index contributed by atoms with van der Waals surface area (Å²) in [4.78, 5) is 27.6. The number of Topliss-reactive ketones (excluding diaryl/α,β-unsaturated/α-hetero) is 1. The summed E-state index contributed by atoms with van der Waals surface area (Å²) in [5, 5.41) is 11.9. The summed E-state index contributed by atoms with van der Waals surface area (Å²) in [7, 11) is 1.40. The summed E-state index contributed by atoms with van der Waals surface area (Å²) in [6, 6.07) is 14.5. The van der Waals surface area contributed by atoms with Crippen LogP contribution in [0.25, 0.3) is 5.76 Å². The maximum Gasteiger partial charge on any atom is 0.295 e. The van der Waals surface area contributed by atoms with Crippen LogP contribution in [-0.4, -0.2) is 35.4 Å². The lowest BCUT2D eigenvalue weighted by Crippen LogP contribution is -2.31. The fourth-order valence-corrected chi connectivity index (χ4v) is 4.82. The molecule has 180 valence electrons. The predicted octanol–water partition coefficient (Wildman–Crippen LogP) is 6.46. The van der Waals surface area contributed by atoms with E-state index in [4.69, 9.17) is 39.5 Å². The second-order valence-electron chi connectivity index (χ2n) is 7.89. The topological polar surface area (TPSA) is 66.8 Å². The smallest absolute Gasteiger partial charge is 0.295 e. The van der Waals surface area contributed by atoms with Crippen LogP contribution in [0.3, 0.4) is 0 Å². The van der Waals surface area contributed by atoms with Crippen LogP contribution in [0.2, 0.25) is 15.1 Å². The van der Waals surface area contributed by atoms with E-state index in [9.17, 15) is 19.1 Å². The maximum atomic E-state index is 13.3. The van der Waals surface area contributed by atoms with Crippen molar-refractivity contribution in [3.05, 3.63) is 104 Å². The second kappa shape index (κ2) is 10.3. The van der Waals surface area contributed by atoms with Gasteiger partial charge >= 0.3 is 0 Å². The van der Waals surface area contributed by atoms with Gasteiger partial charge in [-0.15, -0.1) is 0 Å². The Morgan fingerprint density at radius 3 is 2.17 bits per heavy atom. The molecule has 35 heavy (non-hydrogen) atoms. The molecule has 1 aliphatic rings. The number of carbonyl (C=O) groups is 2. The largest absolute Gasteiger partial charge is 0.507 e. The van der Waals surface area contributed by atoms with Crippen molar-refractivity contribution in [2.75, 3.05) is 13.7 Å². The molecular formula is C26H19Cl3FNO4. The summed E-state index contributed by atoms with van der Waals surface area (Å²) in [6.45, 7) is 0.157.